The van der Waals surface area contributed by atoms with E-state index in [2.05, 4.69) is 26.8 Å². The van der Waals surface area contributed by atoms with Gasteiger partial charge in [-0.15, -0.1) is 0 Å². The third-order valence-electron chi connectivity index (χ3n) is 7.25. The highest BCUT2D eigenvalue weighted by Gasteiger charge is 2.68. The average molecular weight is 334 g/mol. The zero-order chi connectivity index (χ0) is 17.3. The molecule has 0 amide bonds. The van der Waals surface area contributed by atoms with Gasteiger partial charge in [0.05, 0.1) is 18.3 Å². The molecule has 1 fully saturated rings. The lowest BCUT2D eigenvalue weighted by Gasteiger charge is -2.44. The van der Waals surface area contributed by atoms with E-state index in [0.717, 1.165) is 31.3 Å². The van der Waals surface area contributed by atoms with E-state index in [1.807, 2.05) is 6.92 Å². The zero-order valence-electron chi connectivity index (χ0n) is 15.3. The summed E-state index contributed by atoms with van der Waals surface area (Å²) in [7, 11) is 0. The summed E-state index contributed by atoms with van der Waals surface area (Å²) < 4.78 is 11.9. The number of hydrogen-bond donors (Lipinski definition) is 2. The number of aliphatic hydroxyl groups is 2. The monoisotopic (exact) mass is 334 g/mol. The highest BCUT2D eigenvalue weighted by atomic mass is 16.7. The minimum atomic E-state index is -1.46. The van der Waals surface area contributed by atoms with Crippen LogP contribution in [0, 0.1) is 11.3 Å². The molecule has 4 nitrogen and oxygen atoms in total. The Hall–Kier alpha value is -0.680. The lowest BCUT2D eigenvalue weighted by molar-refractivity contribution is -0.175. The first-order chi connectivity index (χ1) is 11.2. The molecule has 4 rings (SSSR count). The van der Waals surface area contributed by atoms with Gasteiger partial charge in [-0.3, -0.25) is 0 Å². The normalized spacial score (nSPS) is 53.6. The van der Waals surface area contributed by atoms with Crippen LogP contribution in [0.4, 0.5) is 0 Å². The summed E-state index contributed by atoms with van der Waals surface area (Å²) in [5, 5.41) is 22.1. The van der Waals surface area contributed by atoms with Crippen molar-refractivity contribution < 1.29 is 19.7 Å². The van der Waals surface area contributed by atoms with Crippen LogP contribution in [0.1, 0.15) is 59.8 Å². The van der Waals surface area contributed by atoms with E-state index >= 15 is 0 Å². The van der Waals surface area contributed by atoms with Gasteiger partial charge < -0.3 is 19.7 Å². The highest BCUT2D eigenvalue weighted by Crippen LogP contribution is 2.59. The fourth-order valence-corrected chi connectivity index (χ4v) is 5.17. The molecule has 2 aliphatic carbocycles. The standard InChI is InChI=1S/C20H30O4/c1-12-6-5-8-19(4)17(24-19)20(22)16-14(11-23-20)18(3,9-7-12)13(2)10-15(16)21/h6,13,15,17,21-22H,5,7-11H2,1-4H3/b12-6-/t13-,15-,17+,18+,19-,20-/m0/s1. The van der Waals surface area contributed by atoms with E-state index in [-0.39, 0.29) is 17.1 Å². The number of allylic oxidation sites excluding steroid dienone is 2. The summed E-state index contributed by atoms with van der Waals surface area (Å²) in [4.78, 5) is 0. The molecular formula is C20H30O4. The van der Waals surface area contributed by atoms with Crippen LogP contribution in [-0.4, -0.2) is 40.4 Å². The molecule has 1 saturated heterocycles. The number of fused-ring (bicyclic) bond motifs is 2. The van der Waals surface area contributed by atoms with E-state index in [1.165, 1.54) is 5.57 Å². The van der Waals surface area contributed by atoms with E-state index in [9.17, 15) is 10.2 Å². The quantitative estimate of drug-likeness (QED) is 0.528. The Morgan fingerprint density at radius 3 is 2.75 bits per heavy atom. The number of aliphatic hydroxyl groups excluding tert-OH is 1. The molecule has 0 radical (unpaired) electrons. The molecular weight excluding hydrogens is 304 g/mol. The maximum absolute atomic E-state index is 11.3. The van der Waals surface area contributed by atoms with Gasteiger partial charge in [0.1, 0.15) is 6.10 Å². The maximum Gasteiger partial charge on any atom is 0.221 e. The van der Waals surface area contributed by atoms with Crippen molar-refractivity contribution in [1.82, 2.24) is 0 Å². The first-order valence-corrected chi connectivity index (χ1v) is 9.32. The van der Waals surface area contributed by atoms with Crippen LogP contribution in [0.15, 0.2) is 22.8 Å². The number of ether oxygens (including phenoxy) is 2. The van der Waals surface area contributed by atoms with Gasteiger partial charge in [-0.2, -0.15) is 0 Å². The lowest BCUT2D eigenvalue weighted by Crippen LogP contribution is -2.47. The third-order valence-corrected chi connectivity index (χ3v) is 7.25. The van der Waals surface area contributed by atoms with Crippen molar-refractivity contribution in [2.24, 2.45) is 11.3 Å². The van der Waals surface area contributed by atoms with Crippen molar-refractivity contribution >= 4 is 0 Å². The molecule has 6 atom stereocenters. The van der Waals surface area contributed by atoms with Crippen molar-refractivity contribution in [2.75, 3.05) is 6.61 Å². The summed E-state index contributed by atoms with van der Waals surface area (Å²) >= 11 is 0. The van der Waals surface area contributed by atoms with Crippen molar-refractivity contribution in [3.8, 4) is 0 Å². The van der Waals surface area contributed by atoms with Gasteiger partial charge in [0.25, 0.3) is 0 Å². The van der Waals surface area contributed by atoms with E-state index < -0.39 is 11.9 Å². The van der Waals surface area contributed by atoms with Gasteiger partial charge in [-0.25, -0.2) is 0 Å². The second kappa shape index (κ2) is 5.16. The van der Waals surface area contributed by atoms with Gasteiger partial charge in [0, 0.05) is 5.57 Å². The second-order valence-electron chi connectivity index (χ2n) is 8.85. The molecule has 4 heteroatoms. The van der Waals surface area contributed by atoms with Crippen LogP contribution in [-0.2, 0) is 9.47 Å². The first-order valence-electron chi connectivity index (χ1n) is 9.32. The number of hydrogen-bond acceptors (Lipinski definition) is 4. The molecule has 4 bridgehead atoms. The minimum absolute atomic E-state index is 0.0430. The topological polar surface area (TPSA) is 62.2 Å². The second-order valence-corrected chi connectivity index (χ2v) is 8.85. The summed E-state index contributed by atoms with van der Waals surface area (Å²) in [6.45, 7) is 9.15. The third kappa shape index (κ3) is 2.20. The molecule has 24 heavy (non-hydrogen) atoms. The van der Waals surface area contributed by atoms with Crippen molar-refractivity contribution in [1.29, 1.82) is 0 Å². The fraction of sp³-hybridized carbons (Fsp3) is 0.800. The van der Waals surface area contributed by atoms with Crippen LogP contribution in [0.3, 0.4) is 0 Å². The maximum atomic E-state index is 11.3. The van der Waals surface area contributed by atoms with Crippen LogP contribution in [0.2, 0.25) is 0 Å². The summed E-state index contributed by atoms with van der Waals surface area (Å²) in [6.07, 6.45) is 5.88. The van der Waals surface area contributed by atoms with Crippen LogP contribution >= 0.6 is 0 Å². The smallest absolute Gasteiger partial charge is 0.221 e. The Morgan fingerprint density at radius 1 is 1.25 bits per heavy atom. The molecule has 134 valence electrons. The van der Waals surface area contributed by atoms with Crippen LogP contribution in [0.25, 0.3) is 0 Å². The van der Waals surface area contributed by atoms with E-state index in [1.54, 1.807) is 0 Å². The number of epoxide rings is 1. The van der Waals surface area contributed by atoms with E-state index in [4.69, 9.17) is 9.47 Å². The fourth-order valence-electron chi connectivity index (χ4n) is 5.17. The average Bonchev–Trinajstić information content (AvgIpc) is 3.05. The Labute approximate surface area is 144 Å². The Balaban J connectivity index is 1.82. The Kier molecular flexibility index (Phi) is 3.61. The minimum Gasteiger partial charge on any atom is -0.389 e. The van der Waals surface area contributed by atoms with Crippen LogP contribution in [0.5, 0.6) is 0 Å². The predicted octanol–water partition coefficient (Wildman–Crippen LogP) is 3.09. The highest BCUT2D eigenvalue weighted by molar-refractivity contribution is 5.41. The Bertz CT molecular complexity index is 623. The lowest BCUT2D eigenvalue weighted by atomic mass is 9.61. The molecule has 2 N–H and O–H groups in total. The largest absolute Gasteiger partial charge is 0.389 e. The van der Waals surface area contributed by atoms with Gasteiger partial charge >= 0.3 is 0 Å². The SMILES string of the molecule is C/C1=C/CC[C@]2(C)O[C@H]2[C@@]2(O)OCC3=C2[C@@H](O)C[C@H](C)[C@@]3(C)CC1. The molecule has 0 aromatic heterocycles. The Morgan fingerprint density at radius 2 is 2.00 bits per heavy atom. The van der Waals surface area contributed by atoms with Gasteiger partial charge in [-0.05, 0) is 62.9 Å². The molecule has 2 aliphatic heterocycles. The van der Waals surface area contributed by atoms with Gasteiger partial charge in [-0.1, -0.05) is 25.5 Å². The molecule has 0 spiro atoms. The molecule has 0 saturated carbocycles. The molecule has 4 aliphatic rings. The van der Waals surface area contributed by atoms with Crippen molar-refractivity contribution in [3.05, 3.63) is 22.8 Å². The van der Waals surface area contributed by atoms with E-state index in [0.29, 0.717) is 24.5 Å². The van der Waals surface area contributed by atoms with Gasteiger partial charge in [0.15, 0.2) is 0 Å². The first kappa shape index (κ1) is 16.8. The molecule has 0 unspecified atom stereocenters. The molecule has 0 aromatic carbocycles. The molecule has 0 aromatic rings. The summed E-state index contributed by atoms with van der Waals surface area (Å²) in [5.41, 5.74) is 2.83. The zero-order valence-corrected chi connectivity index (χ0v) is 15.3. The summed E-state index contributed by atoms with van der Waals surface area (Å²) in [6, 6.07) is 0. The van der Waals surface area contributed by atoms with Gasteiger partial charge in [0.2, 0.25) is 5.79 Å². The molecule has 2 heterocycles. The number of rotatable bonds is 0. The van der Waals surface area contributed by atoms with Crippen molar-refractivity contribution in [2.45, 2.75) is 83.4 Å². The predicted molar refractivity (Wildman–Crippen MR) is 91.3 cm³/mol. The summed E-state index contributed by atoms with van der Waals surface area (Å²) in [5.74, 6) is -1.09. The van der Waals surface area contributed by atoms with Crippen molar-refractivity contribution in [3.63, 3.8) is 0 Å². The van der Waals surface area contributed by atoms with Crippen LogP contribution < -0.4 is 0 Å².